The third-order valence-electron chi connectivity index (χ3n) is 3.48. The van der Waals surface area contributed by atoms with Gasteiger partial charge in [0.25, 0.3) is 5.56 Å². The summed E-state index contributed by atoms with van der Waals surface area (Å²) in [6.45, 7) is 0. The predicted octanol–water partition coefficient (Wildman–Crippen LogP) is 1.25. The predicted molar refractivity (Wildman–Crippen MR) is 80.6 cm³/mol. The van der Waals surface area contributed by atoms with Gasteiger partial charge in [0.2, 0.25) is 0 Å². The van der Waals surface area contributed by atoms with E-state index in [2.05, 4.69) is 9.97 Å². The molecule has 0 bridgehead atoms. The highest BCUT2D eigenvalue weighted by molar-refractivity contribution is 5.87. The molecule has 0 amide bonds. The van der Waals surface area contributed by atoms with Crippen molar-refractivity contribution in [1.82, 2.24) is 14.5 Å². The number of pyridine rings is 1. The Bertz CT molecular complexity index is 1040. The summed E-state index contributed by atoms with van der Waals surface area (Å²) in [6.07, 6.45) is 1.66. The average molecular weight is 290 g/mol. The molecule has 0 fully saturated rings. The Morgan fingerprint density at radius 1 is 1.27 bits per heavy atom. The molecule has 7 nitrogen and oxygen atoms in total. The first-order chi connectivity index (χ1) is 10.6. The van der Waals surface area contributed by atoms with Gasteiger partial charge in [-0.15, -0.1) is 0 Å². The highest BCUT2D eigenvalue weighted by atomic mass is 16.1. The van der Waals surface area contributed by atoms with E-state index < -0.39 is 5.56 Å². The second kappa shape index (κ2) is 4.76. The maximum absolute atomic E-state index is 11.9. The van der Waals surface area contributed by atoms with Crippen LogP contribution in [-0.2, 0) is 7.05 Å². The van der Waals surface area contributed by atoms with Gasteiger partial charge in [-0.2, -0.15) is 10.5 Å². The van der Waals surface area contributed by atoms with E-state index >= 15 is 0 Å². The van der Waals surface area contributed by atoms with Crippen LogP contribution in [0.2, 0.25) is 0 Å². The Kier molecular flexibility index (Phi) is 2.90. The molecule has 7 heteroatoms. The minimum absolute atomic E-state index is 0.0494. The van der Waals surface area contributed by atoms with Crippen molar-refractivity contribution in [3.05, 3.63) is 46.0 Å². The number of rotatable bonds is 1. The zero-order valence-corrected chi connectivity index (χ0v) is 11.6. The van der Waals surface area contributed by atoms with Crippen LogP contribution in [0.1, 0.15) is 11.1 Å². The van der Waals surface area contributed by atoms with Gasteiger partial charge in [0.1, 0.15) is 29.1 Å². The van der Waals surface area contributed by atoms with Gasteiger partial charge >= 0.3 is 0 Å². The number of nitrogen functional groups attached to an aromatic ring is 1. The van der Waals surface area contributed by atoms with Crippen molar-refractivity contribution in [3.8, 4) is 23.3 Å². The largest absolute Gasteiger partial charge is 0.384 e. The number of hydrogen-bond acceptors (Lipinski definition) is 5. The second-order valence-corrected chi connectivity index (χ2v) is 4.78. The van der Waals surface area contributed by atoms with E-state index in [1.807, 2.05) is 23.8 Å². The average Bonchev–Trinajstić information content (AvgIpc) is 2.87. The molecule has 0 atom stereocenters. The summed E-state index contributed by atoms with van der Waals surface area (Å²) >= 11 is 0. The third-order valence-corrected chi connectivity index (χ3v) is 3.48. The summed E-state index contributed by atoms with van der Waals surface area (Å²) in [5.41, 5.74) is 7.47. The highest BCUT2D eigenvalue weighted by Crippen LogP contribution is 2.30. The molecule has 0 saturated heterocycles. The molecule has 106 valence electrons. The number of imidazole rings is 1. The van der Waals surface area contributed by atoms with Gasteiger partial charge < -0.3 is 15.3 Å². The molecule has 22 heavy (non-hydrogen) atoms. The van der Waals surface area contributed by atoms with Crippen LogP contribution in [0.4, 0.5) is 5.82 Å². The van der Waals surface area contributed by atoms with Crippen molar-refractivity contribution in [1.29, 1.82) is 10.5 Å². The Balaban J connectivity index is 2.44. The van der Waals surface area contributed by atoms with Crippen LogP contribution in [-0.4, -0.2) is 14.5 Å². The maximum Gasteiger partial charge on any atom is 0.268 e. The summed E-state index contributed by atoms with van der Waals surface area (Å²) in [7, 11) is 1.84. The van der Waals surface area contributed by atoms with E-state index in [1.165, 1.54) is 0 Å². The molecule has 0 radical (unpaired) electrons. The molecular weight excluding hydrogens is 280 g/mol. The Morgan fingerprint density at radius 2 is 2.00 bits per heavy atom. The van der Waals surface area contributed by atoms with E-state index in [0.717, 1.165) is 11.0 Å². The van der Waals surface area contributed by atoms with E-state index in [1.54, 1.807) is 24.5 Å². The number of hydrogen-bond donors (Lipinski definition) is 2. The van der Waals surface area contributed by atoms with Crippen molar-refractivity contribution in [2.24, 2.45) is 7.05 Å². The highest BCUT2D eigenvalue weighted by Gasteiger charge is 2.18. The lowest BCUT2D eigenvalue weighted by Gasteiger charge is -2.09. The van der Waals surface area contributed by atoms with E-state index in [-0.39, 0.29) is 22.5 Å². The van der Waals surface area contributed by atoms with Gasteiger partial charge in [0, 0.05) is 12.6 Å². The quantitative estimate of drug-likeness (QED) is 0.698. The fraction of sp³-hybridized carbons (Fsp3) is 0.0667. The number of fused-ring (bicyclic) bond motifs is 1. The number of aromatic nitrogens is 3. The lowest BCUT2D eigenvalue weighted by molar-refractivity contribution is 0.948. The van der Waals surface area contributed by atoms with Crippen molar-refractivity contribution in [2.75, 3.05) is 5.73 Å². The smallest absolute Gasteiger partial charge is 0.268 e. The number of aryl methyl sites for hydroxylation is 1. The minimum Gasteiger partial charge on any atom is -0.384 e. The van der Waals surface area contributed by atoms with Crippen LogP contribution in [0, 0.1) is 22.7 Å². The number of anilines is 1. The van der Waals surface area contributed by atoms with E-state index in [0.29, 0.717) is 5.56 Å². The minimum atomic E-state index is -0.612. The molecule has 2 heterocycles. The lowest BCUT2D eigenvalue weighted by Crippen LogP contribution is -2.16. The standard InChI is InChI=1S/C15H10N6O/c1-21-7-19-11-3-2-8(4-12(11)21)13-9(5-16)14(18)20-15(22)10(13)6-17/h2-4,7H,1H3,(H3,18,20,22). The summed E-state index contributed by atoms with van der Waals surface area (Å²) in [5, 5.41) is 18.6. The Hall–Kier alpha value is -3.58. The van der Waals surface area contributed by atoms with Crippen molar-refractivity contribution in [3.63, 3.8) is 0 Å². The van der Waals surface area contributed by atoms with Gasteiger partial charge in [-0.05, 0) is 17.7 Å². The number of H-pyrrole nitrogens is 1. The normalized spacial score (nSPS) is 10.3. The van der Waals surface area contributed by atoms with Gasteiger partial charge in [-0.25, -0.2) is 4.98 Å². The number of benzene rings is 1. The Labute approximate surface area is 124 Å². The molecule has 2 aromatic heterocycles. The SMILES string of the molecule is Cn1cnc2ccc(-c3c(C#N)c(N)[nH]c(=O)c3C#N)cc21. The molecule has 0 spiro atoms. The summed E-state index contributed by atoms with van der Waals surface area (Å²) < 4.78 is 1.81. The molecule has 3 aromatic rings. The first-order valence-corrected chi connectivity index (χ1v) is 6.34. The number of nitrogens with one attached hydrogen (secondary N) is 1. The first kappa shape index (κ1) is 13.4. The van der Waals surface area contributed by atoms with Crippen molar-refractivity contribution >= 4 is 16.9 Å². The summed E-state index contributed by atoms with van der Waals surface area (Å²) in [4.78, 5) is 18.5. The van der Waals surface area contributed by atoms with Crippen LogP contribution in [0.3, 0.4) is 0 Å². The third kappa shape index (κ3) is 1.81. The topological polar surface area (TPSA) is 124 Å². The van der Waals surface area contributed by atoms with Crippen LogP contribution in [0.5, 0.6) is 0 Å². The zero-order chi connectivity index (χ0) is 15.9. The van der Waals surface area contributed by atoms with Gasteiger partial charge in [0.05, 0.1) is 17.4 Å². The first-order valence-electron chi connectivity index (χ1n) is 6.34. The van der Waals surface area contributed by atoms with Gasteiger partial charge in [-0.3, -0.25) is 4.79 Å². The fourth-order valence-electron chi connectivity index (χ4n) is 2.41. The molecule has 0 aliphatic carbocycles. The van der Waals surface area contributed by atoms with Crippen LogP contribution >= 0.6 is 0 Å². The van der Waals surface area contributed by atoms with Gasteiger partial charge in [-0.1, -0.05) is 6.07 Å². The Morgan fingerprint density at radius 3 is 2.68 bits per heavy atom. The number of aromatic amines is 1. The molecule has 3 N–H and O–H groups in total. The number of nitrogens with two attached hydrogens (primary N) is 1. The molecule has 3 rings (SSSR count). The molecule has 0 aliphatic heterocycles. The van der Waals surface area contributed by atoms with Crippen molar-refractivity contribution < 1.29 is 0 Å². The zero-order valence-electron chi connectivity index (χ0n) is 11.6. The fourth-order valence-corrected chi connectivity index (χ4v) is 2.41. The van der Waals surface area contributed by atoms with E-state index in [9.17, 15) is 15.3 Å². The van der Waals surface area contributed by atoms with Crippen LogP contribution in [0.15, 0.2) is 29.3 Å². The van der Waals surface area contributed by atoms with E-state index in [4.69, 9.17) is 5.73 Å². The van der Waals surface area contributed by atoms with Crippen LogP contribution in [0.25, 0.3) is 22.2 Å². The number of nitrogens with zero attached hydrogens (tertiary/aromatic N) is 4. The molecule has 0 aliphatic rings. The van der Waals surface area contributed by atoms with Crippen LogP contribution < -0.4 is 11.3 Å². The monoisotopic (exact) mass is 290 g/mol. The lowest BCUT2D eigenvalue weighted by atomic mass is 9.96. The molecule has 0 unspecified atom stereocenters. The molecular formula is C15H10N6O. The summed E-state index contributed by atoms with van der Waals surface area (Å²) in [6, 6.07) is 9.06. The second-order valence-electron chi connectivity index (χ2n) is 4.78. The molecule has 0 saturated carbocycles. The molecule has 1 aromatic carbocycles. The van der Waals surface area contributed by atoms with Crippen molar-refractivity contribution in [2.45, 2.75) is 0 Å². The summed E-state index contributed by atoms with van der Waals surface area (Å²) in [5.74, 6) is -0.0494. The van der Waals surface area contributed by atoms with Gasteiger partial charge in [0.15, 0.2) is 0 Å². The maximum atomic E-state index is 11.9. The number of nitriles is 2.